The number of nitrogens with one attached hydrogen (secondary N) is 1. The Hall–Kier alpha value is -1.03. The molecule has 0 fully saturated rings. The highest BCUT2D eigenvalue weighted by atomic mass is 31.2. The standard InChI is InChI=1S/C13H23N2O3P/c1-6-15(7-2)12-9-8-11(3)13(10-12)14-19(16,17-4)18-5/h8-10H,6-7H2,1-5H3,(H,14,16). The van der Waals surface area contributed by atoms with Gasteiger partial charge in [0.2, 0.25) is 0 Å². The van der Waals surface area contributed by atoms with Gasteiger partial charge in [-0.2, -0.15) is 0 Å². The molecule has 0 radical (unpaired) electrons. The van der Waals surface area contributed by atoms with Crippen molar-refractivity contribution >= 4 is 19.1 Å². The van der Waals surface area contributed by atoms with Crippen molar-refractivity contribution in [3.8, 4) is 0 Å². The lowest BCUT2D eigenvalue weighted by atomic mass is 10.1. The van der Waals surface area contributed by atoms with Crippen molar-refractivity contribution in [3.05, 3.63) is 23.8 Å². The fourth-order valence-corrected chi connectivity index (χ4v) is 2.70. The van der Waals surface area contributed by atoms with Crippen LogP contribution in [0.4, 0.5) is 11.4 Å². The van der Waals surface area contributed by atoms with Crippen LogP contribution < -0.4 is 9.99 Å². The average Bonchev–Trinajstić information content (AvgIpc) is 2.43. The Morgan fingerprint density at radius 3 is 2.26 bits per heavy atom. The van der Waals surface area contributed by atoms with Gasteiger partial charge < -0.3 is 4.90 Å². The van der Waals surface area contributed by atoms with Gasteiger partial charge >= 0.3 is 7.75 Å². The Bertz CT molecular complexity index is 453. The molecule has 0 unspecified atom stereocenters. The van der Waals surface area contributed by atoms with Crippen molar-refractivity contribution in [2.45, 2.75) is 20.8 Å². The molecule has 6 heteroatoms. The minimum absolute atomic E-state index is 0.761. The molecule has 1 aromatic rings. The Kier molecular flexibility index (Phi) is 5.85. The minimum Gasteiger partial charge on any atom is -0.372 e. The topological polar surface area (TPSA) is 50.8 Å². The molecule has 19 heavy (non-hydrogen) atoms. The van der Waals surface area contributed by atoms with E-state index in [4.69, 9.17) is 9.05 Å². The quantitative estimate of drug-likeness (QED) is 0.775. The van der Waals surface area contributed by atoms with Gasteiger partial charge in [-0.15, -0.1) is 0 Å². The minimum atomic E-state index is -3.27. The van der Waals surface area contributed by atoms with E-state index < -0.39 is 7.75 Å². The Labute approximate surface area is 115 Å². The van der Waals surface area contributed by atoms with Gasteiger partial charge in [-0.1, -0.05) is 6.07 Å². The lowest BCUT2D eigenvalue weighted by molar-refractivity contribution is 0.281. The lowest BCUT2D eigenvalue weighted by Crippen LogP contribution is -2.21. The third-order valence-corrected chi connectivity index (χ3v) is 4.56. The fourth-order valence-electron chi connectivity index (χ4n) is 1.83. The van der Waals surface area contributed by atoms with E-state index in [2.05, 4.69) is 29.9 Å². The Morgan fingerprint density at radius 2 is 1.79 bits per heavy atom. The molecule has 1 N–H and O–H groups in total. The predicted octanol–water partition coefficient (Wildman–Crippen LogP) is 3.65. The van der Waals surface area contributed by atoms with E-state index in [9.17, 15) is 4.57 Å². The maximum Gasteiger partial charge on any atom is 0.432 e. The van der Waals surface area contributed by atoms with Gasteiger partial charge in [-0.25, -0.2) is 4.57 Å². The summed E-state index contributed by atoms with van der Waals surface area (Å²) in [5, 5.41) is 2.85. The Morgan fingerprint density at radius 1 is 1.21 bits per heavy atom. The van der Waals surface area contributed by atoms with Crippen LogP contribution in [0.2, 0.25) is 0 Å². The summed E-state index contributed by atoms with van der Waals surface area (Å²) < 4.78 is 21.9. The summed E-state index contributed by atoms with van der Waals surface area (Å²) in [5.41, 5.74) is 2.83. The highest BCUT2D eigenvalue weighted by Gasteiger charge is 2.22. The van der Waals surface area contributed by atoms with Gasteiger partial charge in [0.25, 0.3) is 0 Å². The summed E-state index contributed by atoms with van der Waals surface area (Å²) in [6.07, 6.45) is 0. The maximum absolute atomic E-state index is 12.1. The van der Waals surface area contributed by atoms with Crippen LogP contribution in [0.25, 0.3) is 0 Å². The summed E-state index contributed by atoms with van der Waals surface area (Å²) in [6.45, 7) is 8.00. The molecule has 0 heterocycles. The van der Waals surface area contributed by atoms with Gasteiger partial charge in [0.1, 0.15) is 0 Å². The number of aryl methyl sites for hydroxylation is 1. The van der Waals surface area contributed by atoms with Crippen molar-refractivity contribution in [3.63, 3.8) is 0 Å². The van der Waals surface area contributed by atoms with Gasteiger partial charge in [0.05, 0.1) is 0 Å². The average molecular weight is 286 g/mol. The number of hydrogen-bond acceptors (Lipinski definition) is 4. The number of rotatable bonds is 7. The molecular weight excluding hydrogens is 263 g/mol. The monoisotopic (exact) mass is 286 g/mol. The van der Waals surface area contributed by atoms with Crippen LogP contribution in [0.1, 0.15) is 19.4 Å². The molecule has 1 aromatic carbocycles. The molecule has 0 amide bonds. The molecule has 0 aliphatic rings. The van der Waals surface area contributed by atoms with E-state index in [1.165, 1.54) is 14.2 Å². The predicted molar refractivity (Wildman–Crippen MR) is 80.0 cm³/mol. The van der Waals surface area contributed by atoms with Crippen molar-refractivity contribution in [2.24, 2.45) is 0 Å². The summed E-state index contributed by atoms with van der Waals surface area (Å²) in [4.78, 5) is 2.22. The SMILES string of the molecule is CCN(CC)c1ccc(C)c(NP(=O)(OC)OC)c1. The summed E-state index contributed by atoms with van der Waals surface area (Å²) >= 11 is 0. The third kappa shape index (κ3) is 3.96. The molecule has 0 aliphatic heterocycles. The third-order valence-electron chi connectivity index (χ3n) is 3.09. The molecule has 0 saturated heterocycles. The maximum atomic E-state index is 12.1. The zero-order valence-electron chi connectivity index (χ0n) is 12.3. The number of benzene rings is 1. The normalized spacial score (nSPS) is 11.4. The molecule has 108 valence electrons. The first-order valence-corrected chi connectivity index (χ1v) is 7.89. The zero-order chi connectivity index (χ0) is 14.5. The summed E-state index contributed by atoms with van der Waals surface area (Å²) in [5.74, 6) is 0. The second-order valence-electron chi connectivity index (χ2n) is 4.15. The zero-order valence-corrected chi connectivity index (χ0v) is 13.2. The molecule has 1 rings (SSSR count). The van der Waals surface area contributed by atoms with E-state index >= 15 is 0 Å². The first-order valence-electron chi connectivity index (χ1n) is 6.35. The van der Waals surface area contributed by atoms with Gasteiger partial charge in [-0.3, -0.25) is 14.1 Å². The van der Waals surface area contributed by atoms with Gasteiger partial charge in [0.15, 0.2) is 0 Å². The fraction of sp³-hybridized carbons (Fsp3) is 0.538. The second kappa shape index (κ2) is 6.94. The van der Waals surface area contributed by atoms with Crippen molar-refractivity contribution in [2.75, 3.05) is 37.3 Å². The largest absolute Gasteiger partial charge is 0.432 e. The molecule has 5 nitrogen and oxygen atoms in total. The van der Waals surface area contributed by atoms with Crippen LogP contribution in [0, 0.1) is 6.92 Å². The van der Waals surface area contributed by atoms with Crippen LogP contribution in [-0.2, 0) is 13.6 Å². The van der Waals surface area contributed by atoms with Gasteiger partial charge in [0, 0.05) is 38.7 Å². The van der Waals surface area contributed by atoms with Crippen LogP contribution >= 0.6 is 7.75 Å². The molecule has 0 bridgehead atoms. The molecule has 0 atom stereocenters. The van der Waals surface area contributed by atoms with E-state index in [0.717, 1.165) is 30.0 Å². The van der Waals surface area contributed by atoms with E-state index in [0.29, 0.717) is 0 Å². The Balaban J connectivity index is 3.07. The summed E-state index contributed by atoms with van der Waals surface area (Å²) in [6, 6.07) is 6.01. The first-order chi connectivity index (χ1) is 8.99. The number of anilines is 2. The van der Waals surface area contributed by atoms with Gasteiger partial charge in [-0.05, 0) is 38.5 Å². The lowest BCUT2D eigenvalue weighted by Gasteiger charge is -2.23. The number of hydrogen-bond donors (Lipinski definition) is 1. The smallest absolute Gasteiger partial charge is 0.372 e. The van der Waals surface area contributed by atoms with Crippen molar-refractivity contribution in [1.82, 2.24) is 0 Å². The van der Waals surface area contributed by atoms with Crippen LogP contribution in [-0.4, -0.2) is 27.3 Å². The van der Waals surface area contributed by atoms with E-state index in [1.807, 2.05) is 19.1 Å². The highest BCUT2D eigenvalue weighted by Crippen LogP contribution is 2.47. The molecule has 0 spiro atoms. The highest BCUT2D eigenvalue weighted by molar-refractivity contribution is 7.55. The molecular formula is C13H23N2O3P. The number of nitrogens with zero attached hydrogens (tertiary/aromatic N) is 1. The van der Waals surface area contributed by atoms with Crippen molar-refractivity contribution < 1.29 is 13.6 Å². The van der Waals surface area contributed by atoms with Crippen LogP contribution in [0.15, 0.2) is 18.2 Å². The van der Waals surface area contributed by atoms with E-state index in [1.54, 1.807) is 0 Å². The summed E-state index contributed by atoms with van der Waals surface area (Å²) in [7, 11) is -0.542. The molecule has 0 aliphatic carbocycles. The molecule has 0 aromatic heterocycles. The first kappa shape index (κ1) is 16.0. The second-order valence-corrected chi connectivity index (χ2v) is 6.09. The van der Waals surface area contributed by atoms with Crippen LogP contribution in [0.5, 0.6) is 0 Å². The van der Waals surface area contributed by atoms with E-state index in [-0.39, 0.29) is 0 Å². The molecule has 0 saturated carbocycles. The van der Waals surface area contributed by atoms with Crippen LogP contribution in [0.3, 0.4) is 0 Å². The van der Waals surface area contributed by atoms with Crippen molar-refractivity contribution in [1.29, 1.82) is 0 Å².